The maximum absolute atomic E-state index is 14.3. The van der Waals surface area contributed by atoms with Crippen molar-refractivity contribution in [2.75, 3.05) is 26.2 Å². The standard InChI is InChI=1S/C16H23ClF2N2.2ClH/c1-11(2)3-6-14(21-9-7-20-8-10-21)15-12(18)4-5-13(19)16(15)17;;/h4-5,11,14,20H,3,6-10H2,1-2H3;2*1H/t14-;;/m1../s1. The molecule has 1 aromatic rings. The van der Waals surface area contributed by atoms with Gasteiger partial charge in [-0.2, -0.15) is 0 Å². The molecule has 1 aliphatic heterocycles. The van der Waals surface area contributed by atoms with Crippen molar-refractivity contribution in [3.05, 3.63) is 34.4 Å². The van der Waals surface area contributed by atoms with E-state index in [9.17, 15) is 8.78 Å². The molecule has 134 valence electrons. The molecule has 0 unspecified atom stereocenters. The van der Waals surface area contributed by atoms with Gasteiger partial charge in [-0.3, -0.25) is 4.90 Å². The molecule has 0 saturated carbocycles. The van der Waals surface area contributed by atoms with E-state index < -0.39 is 11.6 Å². The fraction of sp³-hybridized carbons (Fsp3) is 0.625. The van der Waals surface area contributed by atoms with E-state index in [-0.39, 0.29) is 35.9 Å². The fourth-order valence-corrected chi connectivity index (χ4v) is 3.12. The quantitative estimate of drug-likeness (QED) is 0.725. The maximum Gasteiger partial charge on any atom is 0.142 e. The monoisotopic (exact) mass is 388 g/mol. The van der Waals surface area contributed by atoms with E-state index in [4.69, 9.17) is 11.6 Å². The molecule has 0 amide bonds. The number of halogens is 5. The largest absolute Gasteiger partial charge is 0.314 e. The van der Waals surface area contributed by atoms with Gasteiger partial charge in [-0.25, -0.2) is 8.78 Å². The van der Waals surface area contributed by atoms with Crippen molar-refractivity contribution in [3.8, 4) is 0 Å². The van der Waals surface area contributed by atoms with E-state index in [0.29, 0.717) is 11.5 Å². The third kappa shape index (κ3) is 6.02. The van der Waals surface area contributed by atoms with Gasteiger partial charge < -0.3 is 5.32 Å². The molecule has 1 atom stereocenters. The molecule has 0 spiro atoms. The Labute approximate surface area is 154 Å². The number of piperazine rings is 1. The molecule has 1 aromatic carbocycles. The van der Waals surface area contributed by atoms with E-state index in [1.807, 2.05) is 0 Å². The van der Waals surface area contributed by atoms with Crippen LogP contribution < -0.4 is 5.32 Å². The first-order valence-corrected chi connectivity index (χ1v) is 7.96. The van der Waals surface area contributed by atoms with Gasteiger partial charge in [0.2, 0.25) is 0 Å². The Balaban J connectivity index is 0.00000242. The highest BCUT2D eigenvalue weighted by Gasteiger charge is 2.28. The second kappa shape index (κ2) is 10.7. The van der Waals surface area contributed by atoms with Crippen molar-refractivity contribution in [1.29, 1.82) is 0 Å². The van der Waals surface area contributed by atoms with Crippen LogP contribution in [0.25, 0.3) is 0 Å². The van der Waals surface area contributed by atoms with Gasteiger partial charge in [0.25, 0.3) is 0 Å². The predicted octanol–water partition coefficient (Wildman–Crippen LogP) is 4.84. The topological polar surface area (TPSA) is 15.3 Å². The van der Waals surface area contributed by atoms with E-state index >= 15 is 0 Å². The van der Waals surface area contributed by atoms with Crippen molar-refractivity contribution in [2.45, 2.75) is 32.7 Å². The van der Waals surface area contributed by atoms with Gasteiger partial charge in [-0.1, -0.05) is 25.4 Å². The number of hydrogen-bond acceptors (Lipinski definition) is 2. The average Bonchev–Trinajstić information content (AvgIpc) is 2.47. The SMILES string of the molecule is CC(C)CC[C@H](c1c(F)ccc(F)c1Cl)N1CCNCC1.Cl.Cl. The molecule has 2 nitrogen and oxygen atoms in total. The molecule has 0 aromatic heterocycles. The maximum atomic E-state index is 14.3. The van der Waals surface area contributed by atoms with Crippen molar-refractivity contribution in [1.82, 2.24) is 10.2 Å². The zero-order valence-corrected chi connectivity index (χ0v) is 15.8. The number of benzene rings is 1. The summed E-state index contributed by atoms with van der Waals surface area (Å²) in [6, 6.07) is 2.12. The lowest BCUT2D eigenvalue weighted by atomic mass is 9.95. The van der Waals surface area contributed by atoms with Crippen LogP contribution in [0.3, 0.4) is 0 Å². The molecule has 1 saturated heterocycles. The van der Waals surface area contributed by atoms with E-state index in [1.54, 1.807) is 0 Å². The molecule has 1 fully saturated rings. The molecule has 0 bridgehead atoms. The van der Waals surface area contributed by atoms with Crippen LogP contribution in [0.15, 0.2) is 12.1 Å². The van der Waals surface area contributed by atoms with Crippen LogP contribution in [0.1, 0.15) is 38.3 Å². The van der Waals surface area contributed by atoms with Crippen LogP contribution in [0, 0.1) is 17.6 Å². The fourth-order valence-electron chi connectivity index (χ4n) is 2.84. The summed E-state index contributed by atoms with van der Waals surface area (Å²) in [7, 11) is 0. The number of hydrogen-bond donors (Lipinski definition) is 1. The van der Waals surface area contributed by atoms with E-state index in [2.05, 4.69) is 24.1 Å². The Morgan fingerprint density at radius 1 is 1.09 bits per heavy atom. The molecule has 1 N–H and O–H groups in total. The van der Waals surface area contributed by atoms with Crippen LogP contribution >= 0.6 is 36.4 Å². The molecular weight excluding hydrogens is 365 g/mol. The first-order valence-electron chi connectivity index (χ1n) is 7.59. The van der Waals surface area contributed by atoms with E-state index in [1.165, 1.54) is 6.07 Å². The van der Waals surface area contributed by atoms with Gasteiger partial charge in [0, 0.05) is 37.8 Å². The highest BCUT2D eigenvalue weighted by molar-refractivity contribution is 6.31. The summed E-state index contributed by atoms with van der Waals surface area (Å²) < 4.78 is 28.0. The van der Waals surface area contributed by atoms with Crippen molar-refractivity contribution >= 4 is 36.4 Å². The lowest BCUT2D eigenvalue weighted by Gasteiger charge is -2.36. The van der Waals surface area contributed by atoms with Crippen LogP contribution in [-0.4, -0.2) is 31.1 Å². The van der Waals surface area contributed by atoms with Crippen LogP contribution in [0.5, 0.6) is 0 Å². The first kappa shape index (κ1) is 22.9. The number of nitrogens with zero attached hydrogens (tertiary/aromatic N) is 1. The molecule has 7 heteroatoms. The van der Waals surface area contributed by atoms with Crippen molar-refractivity contribution in [2.24, 2.45) is 5.92 Å². The first-order chi connectivity index (χ1) is 10.0. The molecule has 1 aliphatic rings. The van der Waals surface area contributed by atoms with Gasteiger partial charge >= 0.3 is 0 Å². The van der Waals surface area contributed by atoms with Crippen molar-refractivity contribution in [3.63, 3.8) is 0 Å². The summed E-state index contributed by atoms with van der Waals surface area (Å²) in [5, 5.41) is 3.22. The Morgan fingerprint density at radius 2 is 1.65 bits per heavy atom. The highest BCUT2D eigenvalue weighted by Crippen LogP contribution is 2.35. The molecular formula is C16H25Cl3F2N2. The molecule has 23 heavy (non-hydrogen) atoms. The van der Waals surface area contributed by atoms with E-state index in [0.717, 1.165) is 45.1 Å². The van der Waals surface area contributed by atoms with Crippen molar-refractivity contribution < 1.29 is 8.78 Å². The van der Waals surface area contributed by atoms with Gasteiger partial charge in [0.05, 0.1) is 5.02 Å². The number of nitrogens with one attached hydrogen (secondary N) is 1. The summed E-state index contributed by atoms with van der Waals surface area (Å²) >= 11 is 6.07. The van der Waals surface area contributed by atoms with Gasteiger partial charge in [-0.15, -0.1) is 24.8 Å². The zero-order chi connectivity index (χ0) is 15.4. The normalized spacial score (nSPS) is 16.6. The molecule has 2 rings (SSSR count). The average molecular weight is 390 g/mol. The Bertz CT molecular complexity index is 481. The lowest BCUT2D eigenvalue weighted by Crippen LogP contribution is -2.45. The Hall–Kier alpha value is -0.130. The Kier molecular flexibility index (Phi) is 10.6. The summed E-state index contributed by atoms with van der Waals surface area (Å²) in [4.78, 5) is 2.21. The summed E-state index contributed by atoms with van der Waals surface area (Å²) in [6.07, 6.45) is 1.75. The minimum absolute atomic E-state index is 0. The minimum atomic E-state index is -0.544. The van der Waals surface area contributed by atoms with Crippen LogP contribution in [-0.2, 0) is 0 Å². The highest BCUT2D eigenvalue weighted by atomic mass is 35.5. The lowest BCUT2D eigenvalue weighted by molar-refractivity contribution is 0.156. The van der Waals surface area contributed by atoms with Gasteiger partial charge in [-0.05, 0) is 30.9 Å². The summed E-state index contributed by atoms with van der Waals surface area (Å²) in [6.45, 7) is 7.67. The van der Waals surface area contributed by atoms with Gasteiger partial charge in [0.15, 0.2) is 0 Å². The summed E-state index contributed by atoms with van der Waals surface area (Å²) in [5.74, 6) is -0.433. The molecule has 1 heterocycles. The smallest absolute Gasteiger partial charge is 0.142 e. The Morgan fingerprint density at radius 3 is 2.22 bits per heavy atom. The predicted molar refractivity (Wildman–Crippen MR) is 97.1 cm³/mol. The second-order valence-electron chi connectivity index (χ2n) is 6.03. The minimum Gasteiger partial charge on any atom is -0.314 e. The van der Waals surface area contributed by atoms with Crippen LogP contribution in [0.4, 0.5) is 8.78 Å². The molecule has 0 aliphatic carbocycles. The number of rotatable bonds is 5. The third-order valence-electron chi connectivity index (χ3n) is 4.02. The zero-order valence-electron chi connectivity index (χ0n) is 13.4. The van der Waals surface area contributed by atoms with Gasteiger partial charge in [0.1, 0.15) is 11.6 Å². The second-order valence-corrected chi connectivity index (χ2v) is 6.41. The molecule has 0 radical (unpaired) electrons. The third-order valence-corrected chi connectivity index (χ3v) is 4.41. The van der Waals surface area contributed by atoms with Crippen LogP contribution in [0.2, 0.25) is 5.02 Å². The summed E-state index contributed by atoms with van der Waals surface area (Å²) in [5.41, 5.74) is 0.319.